The van der Waals surface area contributed by atoms with Gasteiger partial charge in [-0.05, 0) is 18.7 Å². The number of Topliss-reactive ketones (excluding diaryl/α,β-unsaturated/α-hetero) is 1. The van der Waals surface area contributed by atoms with Gasteiger partial charge in [-0.3, -0.25) is 9.69 Å². The van der Waals surface area contributed by atoms with E-state index in [1.807, 2.05) is 20.8 Å². The van der Waals surface area contributed by atoms with Crippen LogP contribution in [0.3, 0.4) is 0 Å². The van der Waals surface area contributed by atoms with E-state index in [9.17, 15) is 4.79 Å². The van der Waals surface area contributed by atoms with E-state index in [4.69, 9.17) is 4.98 Å². The first-order chi connectivity index (χ1) is 13.8. The van der Waals surface area contributed by atoms with Gasteiger partial charge in [0, 0.05) is 49.9 Å². The largest absolute Gasteiger partial charge is 0.344 e. The summed E-state index contributed by atoms with van der Waals surface area (Å²) in [5.41, 5.74) is 4.53. The molecule has 3 heterocycles. The predicted octanol–water partition coefficient (Wildman–Crippen LogP) is 3.60. The molecule has 0 radical (unpaired) electrons. The number of carbonyl (C=O) groups is 1. The van der Waals surface area contributed by atoms with Gasteiger partial charge in [0.05, 0.1) is 17.5 Å². The Kier molecular flexibility index (Phi) is 5.23. The Balaban J connectivity index is 1.62. The van der Waals surface area contributed by atoms with Gasteiger partial charge in [0.15, 0.2) is 11.4 Å². The lowest BCUT2D eigenvalue weighted by Crippen LogP contribution is -2.43. The molecule has 0 saturated carbocycles. The Hall–Kier alpha value is -2.57. The molecule has 1 aliphatic heterocycles. The van der Waals surface area contributed by atoms with E-state index in [0.717, 1.165) is 44.0 Å². The molecule has 0 amide bonds. The number of benzene rings is 1. The molecule has 1 N–H and O–H groups in total. The fraction of sp³-hybridized carbons (Fsp3) is 0.435. The van der Waals surface area contributed by atoms with Gasteiger partial charge in [0.2, 0.25) is 0 Å². The summed E-state index contributed by atoms with van der Waals surface area (Å²) in [5.74, 6) is 0.0685. The van der Waals surface area contributed by atoms with Gasteiger partial charge in [-0.1, -0.05) is 39.0 Å². The highest BCUT2D eigenvalue weighted by atomic mass is 16.1. The van der Waals surface area contributed by atoms with Crippen molar-refractivity contribution < 1.29 is 4.79 Å². The van der Waals surface area contributed by atoms with Crippen LogP contribution in [0.25, 0.3) is 22.4 Å². The minimum Gasteiger partial charge on any atom is -0.344 e. The third-order valence-corrected chi connectivity index (χ3v) is 5.53. The Morgan fingerprint density at radius 2 is 1.93 bits per heavy atom. The van der Waals surface area contributed by atoms with E-state index in [-0.39, 0.29) is 5.78 Å². The number of fused-ring (bicyclic) bond motifs is 1. The number of ketones is 1. The number of nitrogens with one attached hydrogen (secondary N) is 1. The van der Waals surface area contributed by atoms with Crippen molar-refractivity contribution in [3.63, 3.8) is 0 Å². The molecule has 6 nitrogen and oxygen atoms in total. The third-order valence-electron chi connectivity index (χ3n) is 5.53. The maximum Gasteiger partial charge on any atom is 0.171 e. The Morgan fingerprint density at radius 3 is 2.66 bits per heavy atom. The van der Waals surface area contributed by atoms with Crippen LogP contribution in [-0.2, 0) is 6.54 Å². The molecule has 152 valence electrons. The van der Waals surface area contributed by atoms with E-state index >= 15 is 0 Å². The molecule has 0 bridgehead atoms. The Labute approximate surface area is 172 Å². The van der Waals surface area contributed by atoms with Gasteiger partial charge in [-0.15, -0.1) is 0 Å². The van der Waals surface area contributed by atoms with Gasteiger partial charge in [0.25, 0.3) is 0 Å². The summed E-state index contributed by atoms with van der Waals surface area (Å²) in [7, 11) is 2.17. The van der Waals surface area contributed by atoms with Gasteiger partial charge in [0.1, 0.15) is 5.52 Å². The molecule has 0 unspecified atom stereocenters. The first-order valence-electron chi connectivity index (χ1n) is 10.2. The van der Waals surface area contributed by atoms with Crippen LogP contribution in [0.2, 0.25) is 0 Å². The molecule has 6 heteroatoms. The second kappa shape index (κ2) is 7.69. The average molecular weight is 392 g/mol. The first kappa shape index (κ1) is 19.7. The number of piperazine rings is 1. The number of nitrogens with zero attached hydrogens (tertiary/aromatic N) is 4. The normalized spacial score (nSPS) is 16.4. The van der Waals surface area contributed by atoms with E-state index in [1.54, 1.807) is 12.4 Å². The van der Waals surface area contributed by atoms with Crippen LogP contribution < -0.4 is 0 Å². The molecule has 1 fully saturated rings. The second-order valence-electron chi connectivity index (χ2n) is 9.01. The van der Waals surface area contributed by atoms with Crippen molar-refractivity contribution in [3.8, 4) is 11.3 Å². The smallest absolute Gasteiger partial charge is 0.171 e. The molecule has 1 saturated heterocycles. The van der Waals surface area contributed by atoms with Gasteiger partial charge >= 0.3 is 0 Å². The molecule has 1 aliphatic rings. The minimum atomic E-state index is -0.463. The average Bonchev–Trinajstić information content (AvgIpc) is 3.11. The summed E-state index contributed by atoms with van der Waals surface area (Å²) >= 11 is 0. The summed E-state index contributed by atoms with van der Waals surface area (Å²) in [5, 5.41) is 0. The van der Waals surface area contributed by atoms with Crippen molar-refractivity contribution in [3.05, 3.63) is 47.8 Å². The van der Waals surface area contributed by atoms with Gasteiger partial charge in [-0.2, -0.15) is 0 Å². The number of H-pyrrole nitrogens is 1. The summed E-state index contributed by atoms with van der Waals surface area (Å²) in [6.45, 7) is 11.1. The molecule has 0 spiro atoms. The van der Waals surface area contributed by atoms with Crippen molar-refractivity contribution in [2.24, 2.45) is 5.41 Å². The number of hydrogen-bond donors (Lipinski definition) is 1. The molecule has 29 heavy (non-hydrogen) atoms. The van der Waals surface area contributed by atoms with Crippen molar-refractivity contribution in [1.29, 1.82) is 0 Å². The van der Waals surface area contributed by atoms with Crippen LogP contribution in [0, 0.1) is 5.41 Å². The zero-order valence-electron chi connectivity index (χ0n) is 17.7. The highest BCUT2D eigenvalue weighted by molar-refractivity contribution is 6.08. The van der Waals surface area contributed by atoms with Gasteiger partial charge < -0.3 is 9.88 Å². The molecule has 0 atom stereocenters. The van der Waals surface area contributed by atoms with Crippen LogP contribution in [0.5, 0.6) is 0 Å². The monoisotopic (exact) mass is 391 g/mol. The Morgan fingerprint density at radius 1 is 1.17 bits per heavy atom. The van der Waals surface area contributed by atoms with Crippen LogP contribution >= 0.6 is 0 Å². The highest BCUT2D eigenvalue weighted by Gasteiger charge is 2.26. The summed E-state index contributed by atoms with van der Waals surface area (Å²) < 4.78 is 0. The number of aromatic amines is 1. The van der Waals surface area contributed by atoms with Crippen LogP contribution in [0.4, 0.5) is 0 Å². The standard InChI is InChI=1S/C23H29N5O/c1-23(2,3)21(29)18-13-24-22-20(18)26-19(14-25-22)17-7-5-6-16(12-17)15-28-10-8-27(4)9-11-28/h5-7,12-14H,8-11,15H2,1-4H3,(H,24,25). The third kappa shape index (κ3) is 4.23. The fourth-order valence-corrected chi connectivity index (χ4v) is 3.70. The molecule has 3 aromatic rings. The summed E-state index contributed by atoms with van der Waals surface area (Å²) in [6, 6.07) is 8.48. The number of rotatable bonds is 4. The topological polar surface area (TPSA) is 65.1 Å². The van der Waals surface area contributed by atoms with Crippen LogP contribution in [-0.4, -0.2) is 63.8 Å². The summed E-state index contributed by atoms with van der Waals surface area (Å²) in [6.07, 6.45) is 3.50. The van der Waals surface area contributed by atoms with E-state index in [2.05, 4.69) is 51.1 Å². The highest BCUT2D eigenvalue weighted by Crippen LogP contribution is 2.27. The zero-order chi connectivity index (χ0) is 20.6. The lowest BCUT2D eigenvalue weighted by molar-refractivity contribution is 0.0860. The van der Waals surface area contributed by atoms with E-state index in [1.165, 1.54) is 5.56 Å². The SMILES string of the molecule is CN1CCN(Cc2cccc(-c3cnc4[nH]cc(C(=O)C(C)(C)C)c4n3)c2)CC1. The molecule has 2 aromatic heterocycles. The first-order valence-corrected chi connectivity index (χ1v) is 10.2. The molecule has 0 aliphatic carbocycles. The van der Waals surface area contributed by atoms with Gasteiger partial charge in [-0.25, -0.2) is 9.97 Å². The maximum absolute atomic E-state index is 12.8. The second-order valence-corrected chi connectivity index (χ2v) is 9.01. The van der Waals surface area contributed by atoms with E-state index in [0.29, 0.717) is 16.7 Å². The molecular formula is C23H29N5O. The molecular weight excluding hydrogens is 362 g/mol. The molecule has 1 aromatic carbocycles. The zero-order valence-corrected chi connectivity index (χ0v) is 17.7. The van der Waals surface area contributed by atoms with E-state index < -0.39 is 5.41 Å². The van der Waals surface area contributed by atoms with Crippen molar-refractivity contribution in [1.82, 2.24) is 24.8 Å². The Bertz CT molecular complexity index is 1030. The maximum atomic E-state index is 12.8. The number of aromatic nitrogens is 3. The number of likely N-dealkylation sites (N-methyl/N-ethyl adjacent to an activating group) is 1. The van der Waals surface area contributed by atoms with Crippen molar-refractivity contribution in [2.45, 2.75) is 27.3 Å². The lowest BCUT2D eigenvalue weighted by Gasteiger charge is -2.32. The predicted molar refractivity (Wildman–Crippen MR) is 116 cm³/mol. The van der Waals surface area contributed by atoms with Crippen molar-refractivity contribution >= 4 is 16.9 Å². The van der Waals surface area contributed by atoms with Crippen molar-refractivity contribution in [2.75, 3.05) is 33.2 Å². The fourth-order valence-electron chi connectivity index (χ4n) is 3.70. The number of hydrogen-bond acceptors (Lipinski definition) is 5. The quantitative estimate of drug-likeness (QED) is 0.689. The van der Waals surface area contributed by atoms with Crippen LogP contribution in [0.15, 0.2) is 36.7 Å². The lowest BCUT2D eigenvalue weighted by atomic mass is 9.87. The summed E-state index contributed by atoms with van der Waals surface area (Å²) in [4.78, 5) is 30.0. The minimum absolute atomic E-state index is 0.0685. The molecule has 4 rings (SSSR count). The number of carbonyl (C=O) groups excluding carboxylic acids is 1. The van der Waals surface area contributed by atoms with Crippen LogP contribution in [0.1, 0.15) is 36.7 Å².